The Labute approximate surface area is 143 Å². The molecule has 0 heterocycles. The number of unbranched alkanes of at least 4 members (excludes halogenated alkanes) is 12. The molecular weight excluding hydrogens is 291 g/mol. The average Bonchev–Trinajstić information content (AvgIpc) is 2.46. The highest BCUT2D eigenvalue weighted by molar-refractivity contribution is 5.69. The van der Waals surface area contributed by atoms with Crippen molar-refractivity contribution in [1.82, 2.24) is 0 Å². The van der Waals surface area contributed by atoms with E-state index >= 15 is 0 Å². The van der Waals surface area contributed by atoms with Crippen LogP contribution in [-0.4, -0.2) is 18.2 Å². The molecule has 0 aliphatic heterocycles. The zero-order valence-electron chi connectivity index (χ0n) is 15.8. The van der Waals surface area contributed by atoms with E-state index in [1.807, 2.05) is 20.8 Å². The van der Waals surface area contributed by atoms with E-state index in [0.29, 0.717) is 6.42 Å². The summed E-state index contributed by atoms with van der Waals surface area (Å²) in [5, 5.41) is 0. The molecule has 0 unspecified atom stereocenters. The molecule has 0 saturated carbocycles. The Morgan fingerprint density at radius 2 is 1.04 bits per heavy atom. The first-order chi connectivity index (χ1) is 11.0. The highest BCUT2D eigenvalue weighted by atomic mass is 19.1. The van der Waals surface area contributed by atoms with Gasteiger partial charge in [0.05, 0.1) is 6.67 Å². The predicted octanol–water partition coefficient (Wildman–Crippen LogP) is 6.76. The molecule has 3 heteroatoms. The first-order valence-corrected chi connectivity index (χ1v) is 9.73. The summed E-state index contributed by atoms with van der Waals surface area (Å²) in [4.78, 5) is 11.5. The van der Waals surface area contributed by atoms with E-state index < -0.39 is 0 Å². The van der Waals surface area contributed by atoms with Crippen LogP contribution in [-0.2, 0) is 9.53 Å². The highest BCUT2D eigenvalue weighted by Gasteiger charge is 2.15. The van der Waals surface area contributed by atoms with Crippen LogP contribution < -0.4 is 0 Å². The molecule has 0 fully saturated rings. The SMILES string of the molecule is CC(C)(C)OC(=O)CCCCCCCCCCCCCCCF. The first kappa shape index (κ1) is 22.4. The van der Waals surface area contributed by atoms with Gasteiger partial charge in [-0.2, -0.15) is 0 Å². The first-order valence-electron chi connectivity index (χ1n) is 9.73. The maximum absolute atomic E-state index is 11.9. The second-order valence-corrected chi connectivity index (χ2v) is 7.62. The Morgan fingerprint density at radius 3 is 1.39 bits per heavy atom. The van der Waals surface area contributed by atoms with Crippen LogP contribution in [0.15, 0.2) is 0 Å². The number of esters is 1. The van der Waals surface area contributed by atoms with Crippen LogP contribution in [0.2, 0.25) is 0 Å². The normalized spacial score (nSPS) is 11.7. The van der Waals surface area contributed by atoms with Crippen molar-refractivity contribution in [2.24, 2.45) is 0 Å². The lowest BCUT2D eigenvalue weighted by molar-refractivity contribution is -0.154. The molecule has 23 heavy (non-hydrogen) atoms. The van der Waals surface area contributed by atoms with Crippen LogP contribution in [0.25, 0.3) is 0 Å². The molecule has 0 aromatic heterocycles. The Kier molecular flexibility index (Phi) is 14.6. The number of alkyl halides is 1. The van der Waals surface area contributed by atoms with Crippen molar-refractivity contribution in [2.45, 2.75) is 116 Å². The van der Waals surface area contributed by atoms with Crippen molar-refractivity contribution in [3.8, 4) is 0 Å². The fraction of sp³-hybridized carbons (Fsp3) is 0.950. The lowest BCUT2D eigenvalue weighted by Gasteiger charge is -2.19. The minimum absolute atomic E-state index is 0.0657. The van der Waals surface area contributed by atoms with Gasteiger partial charge in [0.2, 0.25) is 0 Å². The van der Waals surface area contributed by atoms with Gasteiger partial charge in [-0.25, -0.2) is 0 Å². The molecule has 0 amide bonds. The molecule has 0 radical (unpaired) electrons. The summed E-state index contributed by atoms with van der Waals surface area (Å²) in [6.07, 6.45) is 16.0. The van der Waals surface area contributed by atoms with Gasteiger partial charge in [-0.3, -0.25) is 9.18 Å². The lowest BCUT2D eigenvalue weighted by atomic mass is 10.0. The van der Waals surface area contributed by atoms with Crippen LogP contribution in [0.1, 0.15) is 111 Å². The summed E-state index contributed by atoms with van der Waals surface area (Å²) in [7, 11) is 0. The molecule has 2 nitrogen and oxygen atoms in total. The largest absolute Gasteiger partial charge is 0.460 e. The molecule has 0 aromatic carbocycles. The van der Waals surface area contributed by atoms with E-state index in [1.165, 1.54) is 57.8 Å². The summed E-state index contributed by atoms with van der Waals surface area (Å²) < 4.78 is 17.2. The smallest absolute Gasteiger partial charge is 0.306 e. The number of hydrogen-bond donors (Lipinski definition) is 0. The number of rotatable bonds is 15. The van der Waals surface area contributed by atoms with Gasteiger partial charge in [-0.15, -0.1) is 0 Å². The number of hydrogen-bond acceptors (Lipinski definition) is 2. The summed E-state index contributed by atoms with van der Waals surface area (Å²) in [5.41, 5.74) is -0.357. The van der Waals surface area contributed by atoms with Gasteiger partial charge in [0.15, 0.2) is 0 Å². The summed E-state index contributed by atoms with van der Waals surface area (Å²) in [6.45, 7) is 5.58. The number of halogens is 1. The van der Waals surface area contributed by atoms with Gasteiger partial charge in [0.1, 0.15) is 5.60 Å². The van der Waals surface area contributed by atoms with Crippen molar-refractivity contribution in [3.63, 3.8) is 0 Å². The molecule has 0 N–H and O–H groups in total. The van der Waals surface area contributed by atoms with Crippen LogP contribution >= 0.6 is 0 Å². The molecule has 0 atom stereocenters. The second-order valence-electron chi connectivity index (χ2n) is 7.62. The van der Waals surface area contributed by atoms with E-state index in [-0.39, 0.29) is 18.2 Å². The van der Waals surface area contributed by atoms with E-state index in [4.69, 9.17) is 4.74 Å². The number of carbonyl (C=O) groups excluding carboxylic acids is 1. The minimum atomic E-state index is -0.357. The molecular formula is C20H39FO2. The molecule has 0 aliphatic rings. The molecule has 0 rings (SSSR count). The number of carbonyl (C=O) groups is 1. The van der Waals surface area contributed by atoms with Gasteiger partial charge in [0.25, 0.3) is 0 Å². The zero-order valence-corrected chi connectivity index (χ0v) is 15.8. The zero-order chi connectivity index (χ0) is 17.4. The van der Waals surface area contributed by atoms with Gasteiger partial charge < -0.3 is 4.74 Å². The molecule has 0 spiro atoms. The third-order valence-corrected chi connectivity index (χ3v) is 3.93. The molecule has 0 bridgehead atoms. The molecule has 138 valence electrons. The predicted molar refractivity (Wildman–Crippen MR) is 96.5 cm³/mol. The second kappa shape index (κ2) is 15.0. The van der Waals surface area contributed by atoms with Gasteiger partial charge in [-0.05, 0) is 33.6 Å². The Balaban J connectivity index is 3.15. The van der Waals surface area contributed by atoms with Crippen molar-refractivity contribution < 1.29 is 13.9 Å². The van der Waals surface area contributed by atoms with Crippen molar-refractivity contribution in [3.05, 3.63) is 0 Å². The van der Waals surface area contributed by atoms with Crippen LogP contribution in [0.5, 0.6) is 0 Å². The van der Waals surface area contributed by atoms with Crippen LogP contribution in [0.4, 0.5) is 4.39 Å². The molecule has 0 aromatic rings. The summed E-state index contributed by atoms with van der Waals surface area (Å²) in [5.74, 6) is -0.0657. The quantitative estimate of drug-likeness (QED) is 0.245. The Hall–Kier alpha value is -0.600. The summed E-state index contributed by atoms with van der Waals surface area (Å²) >= 11 is 0. The van der Waals surface area contributed by atoms with Crippen LogP contribution in [0, 0.1) is 0 Å². The Bertz CT molecular complexity index is 271. The lowest BCUT2D eigenvalue weighted by Crippen LogP contribution is -2.23. The van der Waals surface area contributed by atoms with Gasteiger partial charge in [0, 0.05) is 6.42 Å². The van der Waals surface area contributed by atoms with E-state index in [1.54, 1.807) is 0 Å². The Morgan fingerprint density at radius 1 is 0.696 bits per heavy atom. The fourth-order valence-electron chi connectivity index (χ4n) is 2.70. The fourth-order valence-corrected chi connectivity index (χ4v) is 2.70. The average molecular weight is 331 g/mol. The maximum atomic E-state index is 11.9. The van der Waals surface area contributed by atoms with Crippen molar-refractivity contribution in [2.75, 3.05) is 6.67 Å². The topological polar surface area (TPSA) is 26.3 Å². The molecule has 0 saturated heterocycles. The third kappa shape index (κ3) is 19.4. The highest BCUT2D eigenvalue weighted by Crippen LogP contribution is 2.14. The van der Waals surface area contributed by atoms with E-state index in [9.17, 15) is 9.18 Å². The minimum Gasteiger partial charge on any atom is -0.460 e. The monoisotopic (exact) mass is 330 g/mol. The maximum Gasteiger partial charge on any atom is 0.306 e. The molecule has 0 aliphatic carbocycles. The third-order valence-electron chi connectivity index (χ3n) is 3.93. The van der Waals surface area contributed by atoms with Crippen molar-refractivity contribution >= 4 is 5.97 Å². The van der Waals surface area contributed by atoms with E-state index in [2.05, 4.69) is 0 Å². The number of ether oxygens (including phenoxy) is 1. The standard InChI is InChI=1S/C20H39FO2/c1-20(2,3)23-19(22)17-15-13-11-9-7-5-4-6-8-10-12-14-16-18-21/h4-18H2,1-3H3. The van der Waals surface area contributed by atoms with Gasteiger partial charge in [-0.1, -0.05) is 70.6 Å². The van der Waals surface area contributed by atoms with Crippen molar-refractivity contribution in [1.29, 1.82) is 0 Å². The van der Waals surface area contributed by atoms with E-state index in [0.717, 1.165) is 25.7 Å². The summed E-state index contributed by atoms with van der Waals surface area (Å²) in [6, 6.07) is 0. The van der Waals surface area contributed by atoms with Gasteiger partial charge >= 0.3 is 5.97 Å². The van der Waals surface area contributed by atoms with Crippen LogP contribution in [0.3, 0.4) is 0 Å².